The maximum absolute atomic E-state index is 5.36. The van der Waals surface area contributed by atoms with Crippen LogP contribution in [0.25, 0.3) is 83.2 Å². The minimum atomic E-state index is 0.299. The van der Waals surface area contributed by atoms with E-state index in [-0.39, 0.29) is 0 Å². The smallest absolute Gasteiger partial charge is 0.0979 e. The van der Waals surface area contributed by atoms with Crippen molar-refractivity contribution in [1.82, 2.24) is 14.5 Å². The summed E-state index contributed by atoms with van der Waals surface area (Å²) in [5.74, 6) is 0.299. The molecule has 0 N–H and O–H groups in total. The van der Waals surface area contributed by atoms with Crippen LogP contribution >= 0.6 is 0 Å². The van der Waals surface area contributed by atoms with Gasteiger partial charge < -0.3 is 4.57 Å². The number of aryl methyl sites for hydroxylation is 6. The zero-order chi connectivity index (χ0) is 38.4. The Balaban J connectivity index is 1.19. The molecule has 272 valence electrons. The van der Waals surface area contributed by atoms with E-state index in [1.807, 2.05) is 6.20 Å². The maximum atomic E-state index is 5.36. The van der Waals surface area contributed by atoms with Crippen LogP contribution in [0.5, 0.6) is 0 Å². The van der Waals surface area contributed by atoms with Gasteiger partial charge in [0, 0.05) is 44.6 Å². The highest BCUT2D eigenvalue weighted by Gasteiger charge is 2.28. The van der Waals surface area contributed by atoms with Gasteiger partial charge >= 0.3 is 0 Å². The van der Waals surface area contributed by atoms with Crippen molar-refractivity contribution in [2.75, 3.05) is 0 Å². The van der Waals surface area contributed by atoms with Gasteiger partial charge in [-0.05, 0) is 134 Å². The first-order valence-electron chi connectivity index (χ1n) is 19.9. The number of allylic oxidation sites excluding steroid dienone is 1. The fourth-order valence-electron chi connectivity index (χ4n) is 10.1. The molecule has 1 aliphatic rings. The van der Waals surface area contributed by atoms with Crippen molar-refractivity contribution in [2.24, 2.45) is 0 Å². The minimum Gasteiger partial charge on any atom is -0.313 e. The summed E-state index contributed by atoms with van der Waals surface area (Å²) < 4.78 is 2.52. The molecular formula is C53H45N3. The highest BCUT2D eigenvalue weighted by Crippen LogP contribution is 2.47. The summed E-state index contributed by atoms with van der Waals surface area (Å²) in [6, 6.07) is 42.4. The second-order valence-electron chi connectivity index (χ2n) is 16.3. The topological polar surface area (TPSA) is 30.7 Å². The molecule has 0 radical (unpaired) electrons. The Kier molecular flexibility index (Phi) is 7.87. The van der Waals surface area contributed by atoms with Gasteiger partial charge in [-0.2, -0.15) is 0 Å². The fraction of sp³-hybridized carbons (Fsp3) is 0.170. The van der Waals surface area contributed by atoms with Crippen LogP contribution in [0.3, 0.4) is 0 Å². The quantitative estimate of drug-likeness (QED) is 0.169. The van der Waals surface area contributed by atoms with E-state index in [0.29, 0.717) is 5.92 Å². The first-order valence-corrected chi connectivity index (χ1v) is 19.9. The SMILES string of the molecule is Cc1cc(C)c(C2=Cc3c(n(-c4cccc(-c5cnc6c7ccccc7c7ccccc7c6n5)c4)c4ccc(-c5c(C)cc(C)cc5C)cc34)C(C)C2)c(C)c1. The molecule has 3 nitrogen and oxygen atoms in total. The lowest BCUT2D eigenvalue weighted by Gasteiger charge is -2.25. The average Bonchev–Trinajstić information content (AvgIpc) is 3.51. The van der Waals surface area contributed by atoms with Crippen molar-refractivity contribution in [3.05, 3.63) is 172 Å². The third-order valence-electron chi connectivity index (χ3n) is 12.1. The molecule has 0 spiro atoms. The van der Waals surface area contributed by atoms with Crippen LogP contribution in [0.2, 0.25) is 0 Å². The number of nitrogens with zero attached hydrogens (tertiary/aromatic N) is 3. The summed E-state index contributed by atoms with van der Waals surface area (Å²) >= 11 is 0. The van der Waals surface area contributed by atoms with Gasteiger partial charge in [-0.3, -0.25) is 4.98 Å². The number of aromatic nitrogens is 3. The molecule has 2 heterocycles. The van der Waals surface area contributed by atoms with Crippen LogP contribution in [0.15, 0.2) is 121 Å². The lowest BCUT2D eigenvalue weighted by atomic mass is 9.81. The van der Waals surface area contributed by atoms with E-state index in [4.69, 9.17) is 9.97 Å². The molecule has 0 fully saturated rings. The van der Waals surface area contributed by atoms with Gasteiger partial charge in [0.15, 0.2) is 0 Å². The first kappa shape index (κ1) is 34.2. The molecule has 3 heteroatoms. The monoisotopic (exact) mass is 723 g/mol. The molecular weight excluding hydrogens is 679 g/mol. The molecule has 0 saturated carbocycles. The molecule has 1 atom stereocenters. The zero-order valence-electron chi connectivity index (χ0n) is 33.3. The maximum Gasteiger partial charge on any atom is 0.0979 e. The van der Waals surface area contributed by atoms with Crippen LogP contribution in [-0.4, -0.2) is 14.5 Å². The molecule has 56 heavy (non-hydrogen) atoms. The molecule has 10 rings (SSSR count). The Morgan fingerprint density at radius 3 is 1.82 bits per heavy atom. The van der Waals surface area contributed by atoms with Gasteiger partial charge in [0.2, 0.25) is 0 Å². The van der Waals surface area contributed by atoms with E-state index < -0.39 is 0 Å². The standard InChI is InChI=1S/C53H45N3/c1-30-21-32(3)49(33(4)22-30)38-19-20-48-45(27-38)46-28-39(50-34(5)23-31(2)24-35(50)6)25-36(7)53(46)56(48)40-14-12-13-37(26-40)47-29-54-51-43-17-10-8-15-41(43)42-16-9-11-18-44(42)52(51)55-47/h8-24,26-29,36H,25H2,1-7H3. The molecule has 0 saturated heterocycles. The Hall–Kier alpha value is -6.32. The Bertz CT molecular complexity index is 3060. The van der Waals surface area contributed by atoms with E-state index in [9.17, 15) is 0 Å². The molecule has 7 aromatic carbocycles. The number of benzene rings is 7. The second kappa shape index (κ2) is 12.9. The zero-order valence-corrected chi connectivity index (χ0v) is 33.3. The normalized spacial score (nSPS) is 14.2. The third-order valence-corrected chi connectivity index (χ3v) is 12.1. The lowest BCUT2D eigenvalue weighted by Crippen LogP contribution is -2.10. The van der Waals surface area contributed by atoms with Crippen LogP contribution in [-0.2, 0) is 0 Å². The van der Waals surface area contributed by atoms with Crippen LogP contribution < -0.4 is 0 Å². The van der Waals surface area contributed by atoms with E-state index in [0.717, 1.165) is 45.2 Å². The molecule has 1 unspecified atom stereocenters. The third kappa shape index (κ3) is 5.33. The average molecular weight is 724 g/mol. The Labute approximate surface area is 329 Å². The van der Waals surface area contributed by atoms with Crippen LogP contribution in [0.4, 0.5) is 0 Å². The second-order valence-corrected chi connectivity index (χ2v) is 16.3. The largest absolute Gasteiger partial charge is 0.313 e. The van der Waals surface area contributed by atoms with Crippen molar-refractivity contribution >= 4 is 55.1 Å². The predicted molar refractivity (Wildman–Crippen MR) is 238 cm³/mol. The van der Waals surface area contributed by atoms with Crippen LogP contribution in [0.1, 0.15) is 69.5 Å². The highest BCUT2D eigenvalue weighted by atomic mass is 15.0. The predicted octanol–water partition coefficient (Wildman–Crippen LogP) is 14.1. The van der Waals surface area contributed by atoms with E-state index in [2.05, 4.69) is 174 Å². The number of hydrogen-bond acceptors (Lipinski definition) is 2. The Morgan fingerprint density at radius 2 is 1.16 bits per heavy atom. The van der Waals surface area contributed by atoms with Gasteiger partial charge in [0.25, 0.3) is 0 Å². The van der Waals surface area contributed by atoms with E-state index in [1.165, 1.54) is 88.6 Å². The molecule has 0 aliphatic heterocycles. The van der Waals surface area contributed by atoms with Gasteiger partial charge in [-0.15, -0.1) is 0 Å². The summed E-state index contributed by atoms with van der Waals surface area (Å²) in [6.07, 6.45) is 5.44. The lowest BCUT2D eigenvalue weighted by molar-refractivity contribution is 0.732. The Morgan fingerprint density at radius 1 is 0.554 bits per heavy atom. The summed E-state index contributed by atoms with van der Waals surface area (Å²) in [6.45, 7) is 15.8. The van der Waals surface area contributed by atoms with Gasteiger partial charge in [-0.1, -0.05) is 109 Å². The van der Waals surface area contributed by atoms with Crippen molar-refractivity contribution < 1.29 is 0 Å². The van der Waals surface area contributed by atoms with Crippen LogP contribution in [0, 0.1) is 41.5 Å². The molecule has 0 bridgehead atoms. The number of rotatable bonds is 4. The van der Waals surface area contributed by atoms with Crippen molar-refractivity contribution in [2.45, 2.75) is 60.8 Å². The minimum absolute atomic E-state index is 0.299. The molecule has 9 aromatic rings. The fourth-order valence-corrected chi connectivity index (χ4v) is 10.1. The van der Waals surface area contributed by atoms with Crippen molar-refractivity contribution in [1.29, 1.82) is 0 Å². The molecule has 0 amide bonds. The van der Waals surface area contributed by atoms with Gasteiger partial charge in [-0.25, -0.2) is 4.98 Å². The van der Waals surface area contributed by atoms with E-state index in [1.54, 1.807) is 0 Å². The number of hydrogen-bond donors (Lipinski definition) is 0. The summed E-state index contributed by atoms with van der Waals surface area (Å²) in [7, 11) is 0. The molecule has 1 aliphatic carbocycles. The highest BCUT2D eigenvalue weighted by molar-refractivity contribution is 6.23. The van der Waals surface area contributed by atoms with Crippen molar-refractivity contribution in [3.8, 4) is 28.1 Å². The van der Waals surface area contributed by atoms with Gasteiger partial charge in [0.05, 0.1) is 28.4 Å². The first-order chi connectivity index (χ1) is 27.1. The summed E-state index contributed by atoms with van der Waals surface area (Å²) in [5, 5.41) is 5.96. The summed E-state index contributed by atoms with van der Waals surface area (Å²) in [4.78, 5) is 10.5. The number of fused-ring (bicyclic) bond motifs is 9. The summed E-state index contributed by atoms with van der Waals surface area (Å²) in [5.41, 5.74) is 22.2. The van der Waals surface area contributed by atoms with Crippen molar-refractivity contribution in [3.63, 3.8) is 0 Å². The molecule has 2 aromatic heterocycles. The van der Waals surface area contributed by atoms with E-state index >= 15 is 0 Å². The van der Waals surface area contributed by atoms with Gasteiger partial charge in [0.1, 0.15) is 0 Å².